The van der Waals surface area contributed by atoms with Crippen molar-refractivity contribution in [1.29, 1.82) is 0 Å². The van der Waals surface area contributed by atoms with E-state index in [0.29, 0.717) is 0 Å². The molecule has 0 aliphatic rings. The summed E-state index contributed by atoms with van der Waals surface area (Å²) in [5.41, 5.74) is 3.36. The molecule has 4 rings (SSSR count). The summed E-state index contributed by atoms with van der Waals surface area (Å²) in [7, 11) is 0. The molecule has 0 atom stereocenters. The number of alkyl halides is 3. The first-order valence-electron chi connectivity index (χ1n) is 10.0. The molecule has 33 heavy (non-hydrogen) atoms. The van der Waals surface area contributed by atoms with Crippen LogP contribution in [0.25, 0.3) is 16.9 Å². The predicted octanol–water partition coefficient (Wildman–Crippen LogP) is 4.81. The molecule has 9 heteroatoms. The Labute approximate surface area is 187 Å². The molecule has 0 saturated carbocycles. The molecule has 0 radical (unpaired) electrons. The molecule has 0 fully saturated rings. The van der Waals surface area contributed by atoms with Gasteiger partial charge >= 0.3 is 6.18 Å². The van der Waals surface area contributed by atoms with Crippen LogP contribution in [-0.4, -0.2) is 33.5 Å². The van der Waals surface area contributed by atoms with Crippen LogP contribution in [0.4, 0.5) is 13.2 Å². The second-order valence-electron chi connectivity index (χ2n) is 7.11. The van der Waals surface area contributed by atoms with Crippen LogP contribution in [0.5, 0.6) is 5.75 Å². The Bertz CT molecular complexity index is 1210. The van der Waals surface area contributed by atoms with Gasteiger partial charge in [0.05, 0.1) is 17.6 Å². The van der Waals surface area contributed by atoms with Gasteiger partial charge < -0.3 is 10.1 Å². The van der Waals surface area contributed by atoms with Crippen molar-refractivity contribution in [1.82, 2.24) is 20.1 Å². The Morgan fingerprint density at radius 2 is 1.67 bits per heavy atom. The van der Waals surface area contributed by atoms with Crippen LogP contribution in [0.2, 0.25) is 0 Å². The standard InChI is InChI=1S/C24H19F3N4O2/c25-24(26,27)16-33-20-11-12-21(28-14-20)23(32)29-13-18-15-31(19-9-5-2-6-10-19)30-22(18)17-7-3-1-4-8-17/h1-12,14-15H,13,16H2,(H,29,32). The van der Waals surface area contributed by atoms with Crippen molar-refractivity contribution in [2.24, 2.45) is 0 Å². The van der Waals surface area contributed by atoms with E-state index in [1.165, 1.54) is 12.1 Å². The number of carbonyl (C=O) groups excluding carboxylic acids is 1. The van der Waals surface area contributed by atoms with Gasteiger partial charge in [-0.2, -0.15) is 18.3 Å². The topological polar surface area (TPSA) is 69.0 Å². The van der Waals surface area contributed by atoms with Crippen molar-refractivity contribution in [2.75, 3.05) is 6.61 Å². The Morgan fingerprint density at radius 1 is 0.970 bits per heavy atom. The number of carbonyl (C=O) groups is 1. The van der Waals surface area contributed by atoms with Crippen molar-refractivity contribution in [3.63, 3.8) is 0 Å². The Balaban J connectivity index is 1.49. The first-order valence-corrected chi connectivity index (χ1v) is 10.0. The highest BCUT2D eigenvalue weighted by Crippen LogP contribution is 2.24. The Kier molecular flexibility index (Phi) is 6.39. The summed E-state index contributed by atoms with van der Waals surface area (Å²) in [6.45, 7) is -1.24. The van der Waals surface area contributed by atoms with Gasteiger partial charge in [0, 0.05) is 23.9 Å². The lowest BCUT2D eigenvalue weighted by Gasteiger charge is -2.09. The zero-order valence-electron chi connectivity index (χ0n) is 17.3. The zero-order valence-corrected chi connectivity index (χ0v) is 17.3. The van der Waals surface area contributed by atoms with Crippen molar-refractivity contribution in [3.05, 3.63) is 96.4 Å². The molecule has 4 aromatic rings. The number of nitrogens with zero attached hydrogens (tertiary/aromatic N) is 3. The van der Waals surface area contributed by atoms with Gasteiger partial charge in [-0.3, -0.25) is 4.79 Å². The molecule has 1 amide bonds. The first-order chi connectivity index (χ1) is 15.9. The number of hydrogen-bond donors (Lipinski definition) is 1. The van der Waals surface area contributed by atoms with E-state index in [1.807, 2.05) is 66.9 Å². The van der Waals surface area contributed by atoms with E-state index in [1.54, 1.807) is 4.68 Å². The average molecular weight is 452 g/mol. The molecule has 0 aliphatic carbocycles. The highest BCUT2D eigenvalue weighted by molar-refractivity contribution is 5.92. The van der Waals surface area contributed by atoms with Gasteiger partial charge in [-0.05, 0) is 24.3 Å². The van der Waals surface area contributed by atoms with Crippen molar-refractivity contribution in [2.45, 2.75) is 12.7 Å². The van der Waals surface area contributed by atoms with Crippen molar-refractivity contribution < 1.29 is 22.7 Å². The van der Waals surface area contributed by atoms with Crippen LogP contribution in [0.1, 0.15) is 16.1 Å². The largest absolute Gasteiger partial charge is 0.483 e. The minimum absolute atomic E-state index is 0.0612. The van der Waals surface area contributed by atoms with E-state index in [0.717, 1.165) is 28.7 Å². The number of nitrogens with one attached hydrogen (secondary N) is 1. The van der Waals surface area contributed by atoms with Gasteiger partial charge in [0.2, 0.25) is 0 Å². The molecule has 0 aliphatic heterocycles. The maximum absolute atomic E-state index is 12.5. The summed E-state index contributed by atoms with van der Waals surface area (Å²) in [6.07, 6.45) is -1.51. The highest BCUT2D eigenvalue weighted by atomic mass is 19.4. The predicted molar refractivity (Wildman–Crippen MR) is 116 cm³/mol. The van der Waals surface area contributed by atoms with E-state index in [-0.39, 0.29) is 18.0 Å². The number of aromatic nitrogens is 3. The molecule has 2 heterocycles. The number of halogens is 3. The second kappa shape index (κ2) is 9.56. The van der Waals surface area contributed by atoms with E-state index in [4.69, 9.17) is 5.10 Å². The Morgan fingerprint density at radius 3 is 2.30 bits per heavy atom. The van der Waals surface area contributed by atoms with Crippen LogP contribution >= 0.6 is 0 Å². The molecular weight excluding hydrogens is 433 g/mol. The molecule has 0 bridgehead atoms. The number of hydrogen-bond acceptors (Lipinski definition) is 4. The van der Waals surface area contributed by atoms with Gasteiger partial charge in [0.1, 0.15) is 11.4 Å². The third-order valence-corrected chi connectivity index (χ3v) is 4.67. The SMILES string of the molecule is O=C(NCc1cn(-c2ccccc2)nc1-c1ccccc1)c1ccc(OCC(F)(F)F)cn1. The van der Waals surface area contributed by atoms with E-state index in [2.05, 4.69) is 15.0 Å². The van der Waals surface area contributed by atoms with Gasteiger partial charge in [-0.25, -0.2) is 9.67 Å². The third kappa shape index (κ3) is 5.76. The molecule has 2 aromatic heterocycles. The molecule has 0 unspecified atom stereocenters. The molecule has 0 saturated heterocycles. The minimum Gasteiger partial charge on any atom is -0.483 e. The van der Waals surface area contributed by atoms with Gasteiger partial charge in [0.15, 0.2) is 6.61 Å². The van der Waals surface area contributed by atoms with Crippen LogP contribution in [0.15, 0.2) is 85.2 Å². The molecule has 6 nitrogen and oxygen atoms in total. The summed E-state index contributed by atoms with van der Waals surface area (Å²) < 4.78 is 43.1. The normalized spacial score (nSPS) is 11.2. The van der Waals surface area contributed by atoms with Crippen LogP contribution in [-0.2, 0) is 6.54 Å². The fourth-order valence-corrected chi connectivity index (χ4v) is 3.12. The first kappa shape index (κ1) is 22.1. The van der Waals surface area contributed by atoms with Gasteiger partial charge in [0.25, 0.3) is 5.91 Å². The quantitative estimate of drug-likeness (QED) is 0.437. The average Bonchev–Trinajstić information content (AvgIpc) is 3.26. The molecular formula is C24H19F3N4O2. The third-order valence-electron chi connectivity index (χ3n) is 4.67. The summed E-state index contributed by atoms with van der Waals surface area (Å²) in [6, 6.07) is 21.8. The summed E-state index contributed by atoms with van der Waals surface area (Å²) >= 11 is 0. The van der Waals surface area contributed by atoms with E-state index < -0.39 is 18.7 Å². The summed E-state index contributed by atoms with van der Waals surface area (Å²) in [5.74, 6) is -0.539. The minimum atomic E-state index is -4.45. The lowest BCUT2D eigenvalue weighted by molar-refractivity contribution is -0.153. The number of benzene rings is 2. The van der Waals surface area contributed by atoms with Crippen LogP contribution in [0, 0.1) is 0 Å². The molecule has 1 N–H and O–H groups in total. The van der Waals surface area contributed by atoms with Gasteiger partial charge in [-0.15, -0.1) is 0 Å². The Hall–Kier alpha value is -4.14. The van der Waals surface area contributed by atoms with Crippen molar-refractivity contribution >= 4 is 5.91 Å². The van der Waals surface area contributed by atoms with Crippen molar-refractivity contribution in [3.8, 4) is 22.7 Å². The van der Waals surface area contributed by atoms with Gasteiger partial charge in [-0.1, -0.05) is 48.5 Å². The molecule has 2 aromatic carbocycles. The maximum atomic E-state index is 12.5. The fourth-order valence-electron chi connectivity index (χ4n) is 3.12. The number of rotatable bonds is 7. The maximum Gasteiger partial charge on any atom is 0.422 e. The molecule has 0 spiro atoms. The summed E-state index contributed by atoms with van der Waals surface area (Å²) in [5, 5.41) is 7.48. The van der Waals surface area contributed by atoms with E-state index in [9.17, 15) is 18.0 Å². The molecule has 168 valence electrons. The number of pyridine rings is 1. The second-order valence-corrected chi connectivity index (χ2v) is 7.11. The zero-order chi connectivity index (χ0) is 23.3. The lowest BCUT2D eigenvalue weighted by atomic mass is 10.1. The van der Waals surface area contributed by atoms with Crippen LogP contribution in [0.3, 0.4) is 0 Å². The highest BCUT2D eigenvalue weighted by Gasteiger charge is 2.28. The van der Waals surface area contributed by atoms with Crippen LogP contribution < -0.4 is 10.1 Å². The lowest BCUT2D eigenvalue weighted by Crippen LogP contribution is -2.24. The summed E-state index contributed by atoms with van der Waals surface area (Å²) in [4.78, 5) is 16.4. The number of para-hydroxylation sites is 1. The fraction of sp³-hybridized carbons (Fsp3) is 0.125. The monoisotopic (exact) mass is 452 g/mol. The number of ether oxygens (including phenoxy) is 1. The smallest absolute Gasteiger partial charge is 0.422 e. The number of amides is 1. The van der Waals surface area contributed by atoms with E-state index >= 15 is 0 Å².